The molecule has 2 aromatic carbocycles. The number of amides is 1. The van der Waals surface area contributed by atoms with Gasteiger partial charge < -0.3 is 25.1 Å². The second-order valence-electron chi connectivity index (χ2n) is 9.17. The number of morpholine rings is 1. The van der Waals surface area contributed by atoms with Crippen LogP contribution in [0.2, 0.25) is 0 Å². The fourth-order valence-corrected chi connectivity index (χ4v) is 5.61. The minimum absolute atomic E-state index is 0.286. The first-order chi connectivity index (χ1) is 16.2. The molecule has 6 heteroatoms. The average molecular weight is 446 g/mol. The number of hydrogen-bond acceptors (Lipinski definition) is 4. The Morgan fingerprint density at radius 3 is 2.58 bits per heavy atom. The minimum atomic E-state index is -0.518. The molecule has 5 rings (SSSR count). The standard InChI is InChI=1S/C27H31N3O3/c28-27(32)20-11-12-21-22(15-20)30(23(17-31)24-16-29-13-14-33-24)26(19-9-5-2-6-10-19)25(21)18-7-3-1-4-8-18/h2,5-6,9-12,15,17-18,23-24,29H,1,3-4,7-8,13-14,16H2,(H2,28,32). The number of carbonyl (C=O) groups excluding carboxylic acids is 2. The zero-order chi connectivity index (χ0) is 22.8. The van der Waals surface area contributed by atoms with Crippen molar-refractivity contribution >= 4 is 23.1 Å². The fourth-order valence-electron chi connectivity index (χ4n) is 5.61. The van der Waals surface area contributed by atoms with Crippen LogP contribution in [0, 0.1) is 0 Å². The van der Waals surface area contributed by atoms with Crippen LogP contribution in [0.1, 0.15) is 60.0 Å². The van der Waals surface area contributed by atoms with Crippen LogP contribution in [0.15, 0.2) is 48.5 Å². The van der Waals surface area contributed by atoms with E-state index in [2.05, 4.69) is 22.0 Å². The Morgan fingerprint density at radius 1 is 1.12 bits per heavy atom. The van der Waals surface area contributed by atoms with Gasteiger partial charge in [-0.1, -0.05) is 55.7 Å². The van der Waals surface area contributed by atoms with Crippen molar-refractivity contribution in [1.82, 2.24) is 9.88 Å². The van der Waals surface area contributed by atoms with Crippen LogP contribution in [-0.2, 0) is 9.53 Å². The first kappa shape index (κ1) is 21.9. The first-order valence-electron chi connectivity index (χ1n) is 12.0. The Kier molecular flexibility index (Phi) is 6.29. The van der Waals surface area contributed by atoms with Gasteiger partial charge in [0.05, 0.1) is 23.9 Å². The van der Waals surface area contributed by atoms with Crippen LogP contribution < -0.4 is 11.1 Å². The van der Waals surface area contributed by atoms with Crippen molar-refractivity contribution in [2.24, 2.45) is 5.73 Å². The van der Waals surface area contributed by atoms with Crippen LogP contribution in [0.5, 0.6) is 0 Å². The van der Waals surface area contributed by atoms with Gasteiger partial charge in [0.15, 0.2) is 0 Å². The fraction of sp³-hybridized carbons (Fsp3) is 0.407. The zero-order valence-electron chi connectivity index (χ0n) is 18.8. The Hall–Kier alpha value is -2.96. The van der Waals surface area contributed by atoms with Crippen LogP contribution in [-0.4, -0.2) is 42.6 Å². The number of rotatable bonds is 6. The van der Waals surface area contributed by atoms with E-state index in [1.807, 2.05) is 36.4 Å². The summed E-state index contributed by atoms with van der Waals surface area (Å²) in [7, 11) is 0. The Morgan fingerprint density at radius 2 is 1.91 bits per heavy atom. The van der Waals surface area contributed by atoms with Gasteiger partial charge in [0, 0.05) is 24.0 Å². The second kappa shape index (κ2) is 9.49. The summed E-state index contributed by atoms with van der Waals surface area (Å²) in [6, 6.07) is 15.4. The van der Waals surface area contributed by atoms with Crippen molar-refractivity contribution in [1.29, 1.82) is 0 Å². The molecule has 1 saturated heterocycles. The highest BCUT2D eigenvalue weighted by molar-refractivity contribution is 6.00. The summed E-state index contributed by atoms with van der Waals surface area (Å²) < 4.78 is 8.17. The van der Waals surface area contributed by atoms with Crippen molar-refractivity contribution in [2.75, 3.05) is 19.7 Å². The molecule has 1 aliphatic carbocycles. The summed E-state index contributed by atoms with van der Waals surface area (Å²) in [4.78, 5) is 24.7. The lowest BCUT2D eigenvalue weighted by molar-refractivity contribution is -0.115. The van der Waals surface area contributed by atoms with E-state index in [1.54, 1.807) is 0 Å². The maximum atomic E-state index is 12.6. The molecule has 2 aliphatic rings. The maximum Gasteiger partial charge on any atom is 0.248 e. The number of ether oxygens (including phenoxy) is 1. The van der Waals surface area contributed by atoms with E-state index in [4.69, 9.17) is 10.5 Å². The minimum Gasteiger partial charge on any atom is -0.373 e. The predicted octanol–water partition coefficient (Wildman–Crippen LogP) is 4.18. The highest BCUT2D eigenvalue weighted by Crippen LogP contribution is 2.45. The SMILES string of the molecule is NC(=O)c1ccc2c(C3CCCCC3)c(-c3ccccc3)n(C(C=O)C3CNCCO3)c2c1. The lowest BCUT2D eigenvalue weighted by atomic mass is 9.81. The molecule has 3 aromatic rings. The molecule has 0 spiro atoms. The molecule has 33 heavy (non-hydrogen) atoms. The van der Waals surface area contributed by atoms with E-state index in [0.717, 1.165) is 47.8 Å². The molecule has 2 fully saturated rings. The van der Waals surface area contributed by atoms with Gasteiger partial charge in [-0.05, 0) is 42.0 Å². The number of aldehydes is 1. The van der Waals surface area contributed by atoms with Gasteiger partial charge >= 0.3 is 0 Å². The average Bonchev–Trinajstić information content (AvgIpc) is 3.20. The lowest BCUT2D eigenvalue weighted by Gasteiger charge is -2.31. The van der Waals surface area contributed by atoms with E-state index in [0.29, 0.717) is 24.6 Å². The molecule has 2 atom stereocenters. The molecule has 2 heterocycles. The van der Waals surface area contributed by atoms with Crippen molar-refractivity contribution < 1.29 is 14.3 Å². The summed E-state index contributed by atoms with van der Waals surface area (Å²) in [6.07, 6.45) is 6.64. The van der Waals surface area contributed by atoms with Crippen molar-refractivity contribution in [3.8, 4) is 11.3 Å². The zero-order valence-corrected chi connectivity index (χ0v) is 18.8. The Balaban J connectivity index is 1.82. The molecule has 2 unspecified atom stereocenters. The number of benzene rings is 2. The van der Waals surface area contributed by atoms with Gasteiger partial charge in [-0.15, -0.1) is 0 Å². The number of nitrogens with two attached hydrogens (primary N) is 1. The molecule has 0 radical (unpaired) electrons. The Bertz CT molecular complexity index is 1140. The number of nitrogens with one attached hydrogen (secondary N) is 1. The number of aromatic nitrogens is 1. The molecule has 6 nitrogen and oxygen atoms in total. The molecular weight excluding hydrogens is 414 g/mol. The van der Waals surface area contributed by atoms with Crippen LogP contribution in [0.25, 0.3) is 22.2 Å². The summed E-state index contributed by atoms with van der Waals surface area (Å²) >= 11 is 0. The highest BCUT2D eigenvalue weighted by Gasteiger charge is 2.33. The second-order valence-corrected chi connectivity index (χ2v) is 9.17. The van der Waals surface area contributed by atoms with Gasteiger partial charge in [0.25, 0.3) is 0 Å². The highest BCUT2D eigenvalue weighted by atomic mass is 16.5. The van der Waals surface area contributed by atoms with E-state index in [1.165, 1.54) is 24.8 Å². The number of hydrogen-bond donors (Lipinski definition) is 2. The lowest BCUT2D eigenvalue weighted by Crippen LogP contribution is -2.44. The van der Waals surface area contributed by atoms with Gasteiger partial charge in [0.2, 0.25) is 5.91 Å². The third-order valence-corrected chi connectivity index (χ3v) is 7.16. The monoisotopic (exact) mass is 445 g/mol. The van der Waals surface area contributed by atoms with E-state index in [9.17, 15) is 9.59 Å². The Labute approximate surface area is 194 Å². The summed E-state index contributed by atoms with van der Waals surface area (Å²) in [5.74, 6) is -0.0572. The molecule has 1 aromatic heterocycles. The smallest absolute Gasteiger partial charge is 0.248 e. The number of nitrogens with zero attached hydrogens (tertiary/aromatic N) is 1. The molecule has 1 amide bonds. The molecule has 1 saturated carbocycles. The van der Waals surface area contributed by atoms with Gasteiger partial charge in [-0.2, -0.15) is 0 Å². The molecule has 1 aliphatic heterocycles. The van der Waals surface area contributed by atoms with Crippen molar-refractivity contribution in [3.63, 3.8) is 0 Å². The third-order valence-electron chi connectivity index (χ3n) is 7.16. The van der Waals surface area contributed by atoms with E-state index >= 15 is 0 Å². The molecule has 172 valence electrons. The number of carbonyl (C=O) groups is 2. The van der Waals surface area contributed by atoms with Crippen LogP contribution >= 0.6 is 0 Å². The van der Waals surface area contributed by atoms with Gasteiger partial charge in [-0.3, -0.25) is 4.79 Å². The van der Waals surface area contributed by atoms with Gasteiger partial charge in [0.1, 0.15) is 12.3 Å². The van der Waals surface area contributed by atoms with Crippen molar-refractivity contribution in [3.05, 3.63) is 59.7 Å². The third kappa shape index (κ3) is 4.09. The topological polar surface area (TPSA) is 86.4 Å². The molecular formula is C27H31N3O3. The normalized spacial score (nSPS) is 20.5. The van der Waals surface area contributed by atoms with Crippen molar-refractivity contribution in [2.45, 2.75) is 50.2 Å². The summed E-state index contributed by atoms with van der Waals surface area (Å²) in [5, 5.41) is 4.45. The maximum absolute atomic E-state index is 12.6. The van der Waals surface area contributed by atoms with E-state index in [-0.39, 0.29) is 6.10 Å². The number of primary amides is 1. The molecule has 3 N–H and O–H groups in total. The number of fused-ring (bicyclic) bond motifs is 1. The molecule has 0 bridgehead atoms. The predicted molar refractivity (Wildman–Crippen MR) is 129 cm³/mol. The van der Waals surface area contributed by atoms with Gasteiger partial charge in [-0.25, -0.2) is 0 Å². The van der Waals surface area contributed by atoms with Crippen LogP contribution in [0.3, 0.4) is 0 Å². The first-order valence-corrected chi connectivity index (χ1v) is 12.0. The largest absolute Gasteiger partial charge is 0.373 e. The van der Waals surface area contributed by atoms with E-state index < -0.39 is 11.9 Å². The van der Waals surface area contributed by atoms with Crippen LogP contribution in [0.4, 0.5) is 0 Å². The summed E-state index contributed by atoms with van der Waals surface area (Å²) in [6.45, 7) is 1.95. The quantitative estimate of drug-likeness (QED) is 0.557. The summed E-state index contributed by atoms with van der Waals surface area (Å²) in [5.41, 5.74) is 10.4.